The molecule has 11 heavy (non-hydrogen) atoms. The minimum Gasteiger partial charge on any atom is -0.239 e. The van der Waals surface area contributed by atoms with Crippen LogP contribution in [-0.2, 0) is 0 Å². The van der Waals surface area contributed by atoms with Crippen LogP contribution >= 0.6 is 0 Å². The second kappa shape index (κ2) is 2.87. The largest absolute Gasteiger partial charge is 0.239 e. The zero-order valence-electron chi connectivity index (χ0n) is 6.47. The van der Waals surface area contributed by atoms with Crippen LogP contribution < -0.4 is 0 Å². The molecule has 0 N–H and O–H groups in total. The van der Waals surface area contributed by atoms with Crippen LogP contribution in [0.1, 0.15) is 19.8 Å². The number of hydrogen-bond acceptors (Lipinski definition) is 1. The van der Waals surface area contributed by atoms with Crippen LogP contribution in [0.3, 0.4) is 0 Å². The van der Waals surface area contributed by atoms with Crippen molar-refractivity contribution in [2.45, 2.75) is 25.4 Å². The van der Waals surface area contributed by atoms with Gasteiger partial charge in [-0.1, -0.05) is 12.2 Å². The smallest absolute Gasteiger partial charge is 0.130 e. The Balaban J connectivity index is 2.62. The average molecular weight is 151 g/mol. The number of rotatable bonds is 1. The van der Waals surface area contributed by atoms with Gasteiger partial charge in [0.05, 0.1) is 12.5 Å². The van der Waals surface area contributed by atoms with Crippen LogP contribution in [-0.4, -0.2) is 5.67 Å². The van der Waals surface area contributed by atoms with Gasteiger partial charge in [-0.3, -0.25) is 0 Å². The molecule has 1 aliphatic rings. The lowest BCUT2D eigenvalue weighted by Gasteiger charge is -2.17. The maximum absolute atomic E-state index is 13.1. The molecule has 0 aromatic carbocycles. The predicted octanol–water partition coefficient (Wildman–Crippen LogP) is 2.51. The minimum atomic E-state index is -1.21. The van der Waals surface area contributed by atoms with Gasteiger partial charge in [-0.2, -0.15) is 5.26 Å². The van der Waals surface area contributed by atoms with Crippen molar-refractivity contribution in [3.05, 3.63) is 23.8 Å². The van der Waals surface area contributed by atoms with Gasteiger partial charge in [-0.25, -0.2) is 4.39 Å². The lowest BCUT2D eigenvalue weighted by Crippen LogP contribution is -2.15. The Morgan fingerprint density at radius 3 is 3.00 bits per heavy atom. The monoisotopic (exact) mass is 151 g/mol. The summed E-state index contributed by atoms with van der Waals surface area (Å²) in [5, 5.41) is 8.33. The summed E-state index contributed by atoms with van der Waals surface area (Å²) in [6, 6.07) is 2.02. The Hall–Kier alpha value is -1.10. The Labute approximate surface area is 65.8 Å². The predicted molar refractivity (Wildman–Crippen MR) is 41.6 cm³/mol. The van der Waals surface area contributed by atoms with Gasteiger partial charge in [-0.15, -0.1) is 0 Å². The zero-order chi connectivity index (χ0) is 8.32. The average Bonchev–Trinajstić information content (AvgIpc) is 1.94. The highest BCUT2D eigenvalue weighted by Crippen LogP contribution is 2.24. The molecule has 1 atom stereocenters. The van der Waals surface area contributed by atoms with E-state index < -0.39 is 5.67 Å². The maximum atomic E-state index is 13.1. The summed E-state index contributed by atoms with van der Waals surface area (Å²) < 4.78 is 13.1. The van der Waals surface area contributed by atoms with Gasteiger partial charge in [0.25, 0.3) is 0 Å². The van der Waals surface area contributed by atoms with E-state index >= 15 is 0 Å². The van der Waals surface area contributed by atoms with Crippen molar-refractivity contribution in [2.24, 2.45) is 0 Å². The van der Waals surface area contributed by atoms with E-state index in [1.54, 1.807) is 12.2 Å². The number of nitriles is 1. The van der Waals surface area contributed by atoms with Crippen LogP contribution in [0, 0.1) is 11.3 Å². The van der Waals surface area contributed by atoms with Gasteiger partial charge in [-0.05, 0) is 18.6 Å². The van der Waals surface area contributed by atoms with E-state index in [0.29, 0.717) is 12.8 Å². The highest BCUT2D eigenvalue weighted by atomic mass is 19.1. The molecular weight excluding hydrogens is 141 g/mol. The maximum Gasteiger partial charge on any atom is 0.130 e. The molecule has 2 heteroatoms. The van der Waals surface area contributed by atoms with Crippen molar-refractivity contribution in [3.8, 4) is 6.07 Å². The first kappa shape index (κ1) is 8.00. The summed E-state index contributed by atoms with van der Waals surface area (Å²) in [5.41, 5.74) is -0.290. The van der Waals surface area contributed by atoms with Gasteiger partial charge in [0.1, 0.15) is 5.67 Å². The molecule has 1 nitrogen and oxygen atoms in total. The number of hydrogen-bond donors (Lipinski definition) is 0. The molecule has 0 amide bonds. The molecule has 0 saturated carbocycles. The second-order valence-electron chi connectivity index (χ2n) is 2.93. The normalized spacial score (nSPS) is 29.4. The van der Waals surface area contributed by atoms with E-state index in [2.05, 4.69) is 0 Å². The fourth-order valence-corrected chi connectivity index (χ4v) is 0.970. The third kappa shape index (κ3) is 2.19. The second-order valence-corrected chi connectivity index (χ2v) is 2.93. The van der Waals surface area contributed by atoms with Crippen LogP contribution in [0.4, 0.5) is 4.39 Å². The van der Waals surface area contributed by atoms with Gasteiger partial charge >= 0.3 is 0 Å². The Morgan fingerprint density at radius 1 is 1.82 bits per heavy atom. The van der Waals surface area contributed by atoms with E-state index in [9.17, 15) is 4.39 Å². The quantitative estimate of drug-likeness (QED) is 0.565. The third-order valence-corrected chi connectivity index (χ3v) is 1.69. The van der Waals surface area contributed by atoms with Gasteiger partial charge in [0, 0.05) is 6.42 Å². The number of halogens is 1. The summed E-state index contributed by atoms with van der Waals surface area (Å²) >= 11 is 0. The van der Waals surface area contributed by atoms with Crippen molar-refractivity contribution in [1.82, 2.24) is 0 Å². The van der Waals surface area contributed by atoms with Crippen LogP contribution in [0.15, 0.2) is 23.8 Å². The van der Waals surface area contributed by atoms with Crippen molar-refractivity contribution >= 4 is 0 Å². The van der Waals surface area contributed by atoms with Crippen molar-refractivity contribution in [1.29, 1.82) is 5.26 Å². The molecular formula is C9H10FN. The highest BCUT2D eigenvalue weighted by Gasteiger charge is 2.20. The molecule has 0 spiro atoms. The molecule has 0 heterocycles. The summed E-state index contributed by atoms with van der Waals surface area (Å²) in [5.74, 6) is 0. The van der Waals surface area contributed by atoms with E-state index in [0.717, 1.165) is 5.57 Å². The lowest BCUT2D eigenvalue weighted by molar-refractivity contribution is 0.259. The molecule has 0 aromatic rings. The van der Waals surface area contributed by atoms with Crippen LogP contribution in [0.5, 0.6) is 0 Å². The molecule has 0 aromatic heterocycles. The fraction of sp³-hybridized carbons (Fsp3) is 0.444. The third-order valence-electron chi connectivity index (χ3n) is 1.69. The van der Waals surface area contributed by atoms with E-state index in [-0.39, 0.29) is 0 Å². The molecule has 58 valence electrons. The molecule has 1 unspecified atom stereocenters. The van der Waals surface area contributed by atoms with Gasteiger partial charge < -0.3 is 0 Å². The summed E-state index contributed by atoms with van der Waals surface area (Å²) in [6.45, 7) is 1.53. The molecule has 0 saturated heterocycles. The topological polar surface area (TPSA) is 23.8 Å². The fourth-order valence-electron chi connectivity index (χ4n) is 0.970. The van der Waals surface area contributed by atoms with Gasteiger partial charge in [0.15, 0.2) is 0 Å². The summed E-state index contributed by atoms with van der Waals surface area (Å²) in [6.07, 6.45) is 5.75. The van der Waals surface area contributed by atoms with Crippen molar-refractivity contribution < 1.29 is 4.39 Å². The van der Waals surface area contributed by atoms with E-state index in [1.807, 2.05) is 6.07 Å². The SMILES string of the molecule is CC1(F)C=CC(CC#N)=CC1. The van der Waals surface area contributed by atoms with Crippen LogP contribution in [0.25, 0.3) is 0 Å². The molecule has 0 radical (unpaired) electrons. The minimum absolute atomic E-state index is 0.382. The molecule has 0 fully saturated rings. The van der Waals surface area contributed by atoms with E-state index in [4.69, 9.17) is 5.26 Å². The van der Waals surface area contributed by atoms with Crippen LogP contribution in [0.2, 0.25) is 0 Å². The number of allylic oxidation sites excluding steroid dienone is 4. The summed E-state index contributed by atoms with van der Waals surface area (Å²) in [7, 11) is 0. The van der Waals surface area contributed by atoms with Gasteiger partial charge in [0.2, 0.25) is 0 Å². The zero-order valence-corrected chi connectivity index (χ0v) is 6.47. The Bertz CT molecular complexity index is 243. The molecule has 1 rings (SSSR count). The standard InChI is InChI=1S/C9H10FN/c1-9(10)5-2-8(3-6-9)4-7-11/h2-3,5H,4,6H2,1H3. The first-order chi connectivity index (χ1) is 5.14. The summed E-state index contributed by atoms with van der Waals surface area (Å²) in [4.78, 5) is 0. The lowest BCUT2D eigenvalue weighted by atomic mass is 9.95. The Kier molecular flexibility index (Phi) is 2.09. The number of nitrogens with zero attached hydrogens (tertiary/aromatic N) is 1. The first-order valence-electron chi connectivity index (χ1n) is 3.58. The first-order valence-corrected chi connectivity index (χ1v) is 3.58. The molecule has 0 bridgehead atoms. The Morgan fingerprint density at radius 2 is 2.55 bits per heavy atom. The van der Waals surface area contributed by atoms with Crippen molar-refractivity contribution in [3.63, 3.8) is 0 Å². The molecule has 0 aliphatic heterocycles. The molecule has 1 aliphatic carbocycles. The van der Waals surface area contributed by atoms with Crippen molar-refractivity contribution in [2.75, 3.05) is 0 Å². The van der Waals surface area contributed by atoms with E-state index in [1.165, 1.54) is 13.0 Å². The number of alkyl halides is 1. The highest BCUT2D eigenvalue weighted by molar-refractivity contribution is 5.29.